The summed E-state index contributed by atoms with van der Waals surface area (Å²) in [5.74, 6) is 0.719. The first-order chi connectivity index (χ1) is 11.8. The van der Waals surface area contributed by atoms with Gasteiger partial charge in [-0.15, -0.1) is 11.3 Å². The van der Waals surface area contributed by atoms with E-state index < -0.39 is 11.9 Å². The lowest BCUT2D eigenvalue weighted by atomic mass is 9.85. The first kappa shape index (κ1) is 18.2. The Hall–Kier alpha value is -1.63. The molecule has 136 valence electrons. The Morgan fingerprint density at radius 3 is 2.64 bits per heavy atom. The molecule has 0 atom stereocenters. The van der Waals surface area contributed by atoms with Crippen LogP contribution in [0.4, 0.5) is 13.2 Å². The molecular weight excluding hydrogens is 349 g/mol. The standard InChI is InChI=1S/C18H21F3N2OS/c1-23-17(18(19,20)21)11-13(22-23)15-9-10-16(25-15)14(24)8-7-12-5-3-2-4-6-12/h9-12H,2-8H2,1H3. The lowest BCUT2D eigenvalue weighted by Gasteiger charge is -2.20. The average Bonchev–Trinajstić information content (AvgIpc) is 3.19. The number of thiophene rings is 1. The summed E-state index contributed by atoms with van der Waals surface area (Å²) in [6, 6.07) is 4.41. The van der Waals surface area contributed by atoms with Gasteiger partial charge in [-0.1, -0.05) is 32.1 Å². The predicted molar refractivity (Wildman–Crippen MR) is 91.7 cm³/mol. The normalized spacial score (nSPS) is 16.3. The second-order valence-electron chi connectivity index (χ2n) is 6.67. The summed E-state index contributed by atoms with van der Waals surface area (Å²) < 4.78 is 39.5. The van der Waals surface area contributed by atoms with Crippen molar-refractivity contribution in [2.75, 3.05) is 0 Å². The maximum absolute atomic E-state index is 12.9. The number of ketones is 1. The molecule has 0 amide bonds. The summed E-state index contributed by atoms with van der Waals surface area (Å²) in [7, 11) is 1.27. The Balaban J connectivity index is 1.66. The molecule has 1 aliphatic carbocycles. The zero-order valence-corrected chi connectivity index (χ0v) is 14.9. The number of hydrogen-bond donors (Lipinski definition) is 0. The molecule has 0 spiro atoms. The second-order valence-corrected chi connectivity index (χ2v) is 7.75. The van der Waals surface area contributed by atoms with Gasteiger partial charge in [-0.25, -0.2) is 0 Å². The highest BCUT2D eigenvalue weighted by atomic mass is 32.1. The van der Waals surface area contributed by atoms with E-state index in [1.54, 1.807) is 12.1 Å². The summed E-state index contributed by atoms with van der Waals surface area (Å²) in [5, 5.41) is 3.94. The molecule has 2 aromatic rings. The average molecular weight is 370 g/mol. The van der Waals surface area contributed by atoms with Gasteiger partial charge in [0.2, 0.25) is 0 Å². The van der Waals surface area contributed by atoms with Crippen molar-refractivity contribution in [2.24, 2.45) is 13.0 Å². The van der Waals surface area contributed by atoms with Crippen molar-refractivity contribution in [3.8, 4) is 10.6 Å². The Labute approximate surface area is 148 Å². The van der Waals surface area contributed by atoms with Crippen molar-refractivity contribution in [3.63, 3.8) is 0 Å². The number of halogens is 3. The number of aromatic nitrogens is 2. The third-order valence-electron chi connectivity index (χ3n) is 4.81. The van der Waals surface area contributed by atoms with E-state index in [2.05, 4.69) is 5.10 Å². The number of carbonyl (C=O) groups excluding carboxylic acids is 1. The third-order valence-corrected chi connectivity index (χ3v) is 5.96. The van der Waals surface area contributed by atoms with Gasteiger partial charge in [-0.3, -0.25) is 9.48 Å². The number of carbonyl (C=O) groups is 1. The molecule has 0 unspecified atom stereocenters. The van der Waals surface area contributed by atoms with E-state index in [-0.39, 0.29) is 11.5 Å². The van der Waals surface area contributed by atoms with Crippen LogP contribution in [-0.4, -0.2) is 15.6 Å². The highest BCUT2D eigenvalue weighted by Gasteiger charge is 2.35. The van der Waals surface area contributed by atoms with E-state index in [0.29, 0.717) is 22.1 Å². The summed E-state index contributed by atoms with van der Waals surface area (Å²) in [4.78, 5) is 13.6. The fourth-order valence-electron chi connectivity index (χ4n) is 3.41. The summed E-state index contributed by atoms with van der Waals surface area (Å²) in [6.07, 6.45) is 3.20. The van der Waals surface area contributed by atoms with Crippen LogP contribution in [-0.2, 0) is 13.2 Å². The van der Waals surface area contributed by atoms with Crippen LogP contribution < -0.4 is 0 Å². The Bertz CT molecular complexity index is 742. The monoisotopic (exact) mass is 370 g/mol. The molecule has 7 heteroatoms. The summed E-state index contributed by atoms with van der Waals surface area (Å²) >= 11 is 1.22. The van der Waals surface area contributed by atoms with Crippen LogP contribution in [0.3, 0.4) is 0 Å². The van der Waals surface area contributed by atoms with Gasteiger partial charge in [0.25, 0.3) is 0 Å². The van der Waals surface area contributed by atoms with Gasteiger partial charge in [-0.05, 0) is 30.5 Å². The topological polar surface area (TPSA) is 34.9 Å². The molecule has 2 aromatic heterocycles. The van der Waals surface area contributed by atoms with E-state index >= 15 is 0 Å². The van der Waals surface area contributed by atoms with Crippen LogP contribution in [0.5, 0.6) is 0 Å². The Kier molecular flexibility index (Phi) is 5.32. The van der Waals surface area contributed by atoms with E-state index in [9.17, 15) is 18.0 Å². The number of nitrogens with zero attached hydrogens (tertiary/aromatic N) is 2. The van der Waals surface area contributed by atoms with Gasteiger partial charge in [0.05, 0.1) is 9.75 Å². The van der Waals surface area contributed by atoms with Gasteiger partial charge >= 0.3 is 6.18 Å². The quantitative estimate of drug-likeness (QED) is 0.632. The molecule has 25 heavy (non-hydrogen) atoms. The summed E-state index contributed by atoms with van der Waals surface area (Å²) in [6.45, 7) is 0. The largest absolute Gasteiger partial charge is 0.433 e. The van der Waals surface area contributed by atoms with Gasteiger partial charge in [0.1, 0.15) is 11.4 Å². The molecule has 0 bridgehead atoms. The zero-order chi connectivity index (χ0) is 18.0. The summed E-state index contributed by atoms with van der Waals surface area (Å²) in [5.41, 5.74) is -0.535. The fraction of sp³-hybridized carbons (Fsp3) is 0.556. The molecule has 1 aliphatic rings. The molecule has 1 fully saturated rings. The number of aryl methyl sites for hydroxylation is 1. The van der Waals surface area contributed by atoms with E-state index in [1.165, 1.54) is 50.5 Å². The molecule has 3 rings (SSSR count). The minimum atomic E-state index is -4.43. The minimum absolute atomic E-state index is 0.0776. The van der Waals surface area contributed by atoms with Crippen LogP contribution in [0.2, 0.25) is 0 Å². The molecule has 3 nitrogen and oxygen atoms in total. The predicted octanol–water partition coefficient (Wildman–Crippen LogP) is 5.71. The number of hydrogen-bond acceptors (Lipinski definition) is 3. The smallest absolute Gasteiger partial charge is 0.293 e. The van der Waals surface area contributed by atoms with Crippen molar-refractivity contribution in [2.45, 2.75) is 51.1 Å². The fourth-order valence-corrected chi connectivity index (χ4v) is 4.34. The van der Waals surface area contributed by atoms with Gasteiger partial charge < -0.3 is 0 Å². The number of rotatable bonds is 5. The zero-order valence-electron chi connectivity index (χ0n) is 14.1. The van der Waals surface area contributed by atoms with Crippen molar-refractivity contribution in [3.05, 3.63) is 28.8 Å². The van der Waals surface area contributed by atoms with Gasteiger partial charge in [0.15, 0.2) is 5.78 Å². The van der Waals surface area contributed by atoms with E-state index in [4.69, 9.17) is 0 Å². The lowest BCUT2D eigenvalue weighted by molar-refractivity contribution is -0.143. The molecule has 2 heterocycles. The highest BCUT2D eigenvalue weighted by molar-refractivity contribution is 7.17. The number of Topliss-reactive ketones (excluding diaryl/α,β-unsaturated/α-hetero) is 1. The van der Waals surface area contributed by atoms with Crippen LogP contribution in [0.25, 0.3) is 10.6 Å². The Morgan fingerprint density at radius 1 is 1.28 bits per heavy atom. The first-order valence-corrected chi connectivity index (χ1v) is 9.41. The molecule has 0 aromatic carbocycles. The third kappa shape index (κ3) is 4.32. The van der Waals surface area contributed by atoms with Crippen molar-refractivity contribution >= 4 is 17.1 Å². The maximum atomic E-state index is 12.9. The molecule has 0 saturated heterocycles. The highest BCUT2D eigenvalue weighted by Crippen LogP contribution is 2.35. The molecule has 0 radical (unpaired) electrons. The molecule has 0 N–H and O–H groups in total. The van der Waals surface area contributed by atoms with E-state index in [0.717, 1.165) is 17.2 Å². The maximum Gasteiger partial charge on any atom is 0.433 e. The molecule has 1 saturated carbocycles. The van der Waals surface area contributed by atoms with Gasteiger partial charge in [0, 0.05) is 13.5 Å². The van der Waals surface area contributed by atoms with Crippen molar-refractivity contribution in [1.82, 2.24) is 9.78 Å². The molecule has 0 aliphatic heterocycles. The number of alkyl halides is 3. The van der Waals surface area contributed by atoms with E-state index in [1.807, 2.05) is 0 Å². The minimum Gasteiger partial charge on any atom is -0.293 e. The van der Waals surface area contributed by atoms with Crippen LogP contribution in [0, 0.1) is 5.92 Å². The second kappa shape index (κ2) is 7.32. The van der Waals surface area contributed by atoms with Crippen molar-refractivity contribution in [1.29, 1.82) is 0 Å². The lowest BCUT2D eigenvalue weighted by Crippen LogP contribution is -2.11. The van der Waals surface area contributed by atoms with Crippen LogP contribution in [0.15, 0.2) is 18.2 Å². The first-order valence-electron chi connectivity index (χ1n) is 8.59. The van der Waals surface area contributed by atoms with Gasteiger partial charge in [-0.2, -0.15) is 18.3 Å². The van der Waals surface area contributed by atoms with Crippen LogP contribution >= 0.6 is 11.3 Å². The Morgan fingerprint density at radius 2 is 2.00 bits per heavy atom. The molecular formula is C18H21F3N2OS. The van der Waals surface area contributed by atoms with Crippen LogP contribution in [0.1, 0.15) is 60.3 Å². The SMILES string of the molecule is Cn1nc(-c2ccc(C(=O)CCC3CCCCC3)s2)cc1C(F)(F)F. The van der Waals surface area contributed by atoms with Crippen molar-refractivity contribution < 1.29 is 18.0 Å².